The number of ether oxygens (including phenoxy) is 1. The van der Waals surface area contributed by atoms with E-state index in [2.05, 4.69) is 43.3 Å². The fourth-order valence-electron chi connectivity index (χ4n) is 5.52. The van der Waals surface area contributed by atoms with Crippen molar-refractivity contribution in [3.63, 3.8) is 0 Å². The lowest BCUT2D eigenvalue weighted by molar-refractivity contribution is 0.0201. The third-order valence-corrected chi connectivity index (χ3v) is 6.98. The summed E-state index contributed by atoms with van der Waals surface area (Å²) in [6, 6.07) is 15.4. The van der Waals surface area contributed by atoms with Crippen molar-refractivity contribution in [3.8, 4) is 0 Å². The summed E-state index contributed by atoms with van der Waals surface area (Å²) in [5, 5.41) is 9.64. The smallest absolute Gasteiger partial charge is 0.410 e. The Bertz CT molecular complexity index is 1060. The van der Waals surface area contributed by atoms with E-state index in [4.69, 9.17) is 4.74 Å². The Morgan fingerprint density at radius 2 is 1.79 bits per heavy atom. The van der Waals surface area contributed by atoms with Crippen LogP contribution in [0.5, 0.6) is 0 Å². The van der Waals surface area contributed by atoms with E-state index in [1.54, 1.807) is 4.90 Å². The molecule has 0 radical (unpaired) electrons. The second-order valence-corrected chi connectivity index (χ2v) is 10.8. The number of aryl methyl sites for hydroxylation is 1. The maximum Gasteiger partial charge on any atom is 0.410 e. The standard InChI is InChI=1S/C30H39NO3/c1-21-14-15-26-24(18-21)19-27(28(26)22-10-6-5-7-11-22)25-13-9-8-12-23(25)20-31(16-17-32)29(33)34-30(2,3)4/h8-9,12-15,18,22,32H,5-7,10-11,16-17,19-20H2,1-4H3. The zero-order valence-electron chi connectivity index (χ0n) is 21.2. The highest BCUT2D eigenvalue weighted by Crippen LogP contribution is 2.47. The van der Waals surface area contributed by atoms with Gasteiger partial charge in [0, 0.05) is 13.1 Å². The Hall–Kier alpha value is -2.59. The van der Waals surface area contributed by atoms with E-state index in [1.165, 1.54) is 65.5 Å². The Labute approximate surface area is 204 Å². The number of fused-ring (bicyclic) bond motifs is 1. The van der Waals surface area contributed by atoms with Gasteiger partial charge in [-0.3, -0.25) is 0 Å². The quantitative estimate of drug-likeness (QED) is 0.516. The van der Waals surface area contributed by atoms with Crippen LogP contribution in [0, 0.1) is 12.8 Å². The van der Waals surface area contributed by atoms with E-state index in [0.29, 0.717) is 12.5 Å². The molecule has 2 aromatic carbocycles. The Balaban J connectivity index is 1.73. The largest absolute Gasteiger partial charge is 0.444 e. The van der Waals surface area contributed by atoms with E-state index in [-0.39, 0.29) is 19.2 Å². The van der Waals surface area contributed by atoms with Crippen molar-refractivity contribution < 1.29 is 14.6 Å². The summed E-state index contributed by atoms with van der Waals surface area (Å²) < 4.78 is 5.63. The molecular formula is C30H39NO3. The monoisotopic (exact) mass is 461 g/mol. The number of hydrogen-bond donors (Lipinski definition) is 1. The van der Waals surface area contributed by atoms with Gasteiger partial charge in [-0.15, -0.1) is 0 Å². The van der Waals surface area contributed by atoms with Crippen molar-refractivity contribution in [1.29, 1.82) is 0 Å². The number of carbonyl (C=O) groups excluding carboxylic acids is 1. The lowest BCUT2D eigenvalue weighted by atomic mass is 9.79. The minimum absolute atomic E-state index is 0.0951. The summed E-state index contributed by atoms with van der Waals surface area (Å²) in [5.41, 5.74) is 8.83. The van der Waals surface area contributed by atoms with Crippen LogP contribution in [0.25, 0.3) is 11.1 Å². The second-order valence-electron chi connectivity index (χ2n) is 10.8. The zero-order chi connectivity index (χ0) is 24.3. The lowest BCUT2D eigenvalue weighted by Crippen LogP contribution is -2.38. The summed E-state index contributed by atoms with van der Waals surface area (Å²) in [5.74, 6) is 0.597. The predicted molar refractivity (Wildman–Crippen MR) is 138 cm³/mol. The summed E-state index contributed by atoms with van der Waals surface area (Å²) in [6.45, 7) is 8.35. The van der Waals surface area contributed by atoms with Crippen LogP contribution in [0.4, 0.5) is 4.79 Å². The number of carbonyl (C=O) groups is 1. The van der Waals surface area contributed by atoms with Gasteiger partial charge in [-0.05, 0) is 86.3 Å². The number of rotatable bonds is 6. The van der Waals surface area contributed by atoms with Gasteiger partial charge in [0.1, 0.15) is 5.60 Å². The van der Waals surface area contributed by atoms with Crippen LogP contribution < -0.4 is 0 Å². The summed E-state index contributed by atoms with van der Waals surface area (Å²) in [7, 11) is 0. The highest BCUT2D eigenvalue weighted by molar-refractivity contribution is 5.98. The van der Waals surface area contributed by atoms with Crippen molar-refractivity contribution in [2.24, 2.45) is 5.92 Å². The topological polar surface area (TPSA) is 49.8 Å². The average molecular weight is 462 g/mol. The van der Waals surface area contributed by atoms with Crippen LogP contribution in [0.1, 0.15) is 80.7 Å². The van der Waals surface area contributed by atoms with Crippen molar-refractivity contribution >= 4 is 17.2 Å². The Morgan fingerprint density at radius 1 is 1.06 bits per heavy atom. The Morgan fingerprint density at radius 3 is 2.50 bits per heavy atom. The fraction of sp³-hybridized carbons (Fsp3) is 0.500. The molecule has 1 fully saturated rings. The first-order chi connectivity index (χ1) is 16.3. The lowest BCUT2D eigenvalue weighted by Gasteiger charge is -2.28. The number of amides is 1. The molecule has 4 heteroatoms. The number of aliphatic hydroxyl groups excluding tert-OH is 1. The van der Waals surface area contributed by atoms with Gasteiger partial charge in [0.25, 0.3) is 0 Å². The van der Waals surface area contributed by atoms with Gasteiger partial charge in [-0.1, -0.05) is 67.3 Å². The van der Waals surface area contributed by atoms with Crippen molar-refractivity contribution in [2.75, 3.05) is 13.2 Å². The van der Waals surface area contributed by atoms with Crippen LogP contribution in [0.2, 0.25) is 0 Å². The van der Waals surface area contributed by atoms with Gasteiger partial charge in [0.15, 0.2) is 0 Å². The molecule has 2 aliphatic rings. The first-order valence-electron chi connectivity index (χ1n) is 12.8. The Kier molecular flexibility index (Phi) is 7.47. The first-order valence-corrected chi connectivity index (χ1v) is 12.8. The van der Waals surface area contributed by atoms with Crippen LogP contribution >= 0.6 is 0 Å². The molecule has 1 amide bonds. The highest BCUT2D eigenvalue weighted by atomic mass is 16.6. The average Bonchev–Trinajstić information content (AvgIpc) is 3.17. The molecule has 34 heavy (non-hydrogen) atoms. The minimum atomic E-state index is -0.577. The van der Waals surface area contributed by atoms with Gasteiger partial charge >= 0.3 is 6.09 Å². The summed E-state index contributed by atoms with van der Waals surface area (Å²) in [4.78, 5) is 14.5. The fourth-order valence-corrected chi connectivity index (χ4v) is 5.52. The third-order valence-electron chi connectivity index (χ3n) is 6.98. The normalized spacial score (nSPS) is 16.5. The number of nitrogens with zero attached hydrogens (tertiary/aromatic N) is 1. The number of allylic oxidation sites excluding steroid dienone is 2. The molecular weight excluding hydrogens is 422 g/mol. The molecule has 0 bridgehead atoms. The van der Waals surface area contributed by atoms with Gasteiger partial charge < -0.3 is 14.7 Å². The summed E-state index contributed by atoms with van der Waals surface area (Å²) >= 11 is 0. The first kappa shape index (κ1) is 24.5. The van der Waals surface area contributed by atoms with Gasteiger partial charge in [-0.2, -0.15) is 0 Å². The van der Waals surface area contributed by atoms with Crippen molar-refractivity contribution in [1.82, 2.24) is 4.90 Å². The SMILES string of the molecule is Cc1ccc2c(c1)CC(c1ccccc1CN(CCO)C(=O)OC(C)(C)C)=C2C1CCCCC1. The number of hydrogen-bond acceptors (Lipinski definition) is 3. The molecule has 0 atom stereocenters. The minimum Gasteiger partial charge on any atom is -0.444 e. The van der Waals surface area contributed by atoms with E-state index >= 15 is 0 Å². The molecule has 182 valence electrons. The molecule has 0 unspecified atom stereocenters. The van der Waals surface area contributed by atoms with Crippen LogP contribution in [-0.4, -0.2) is 34.9 Å². The van der Waals surface area contributed by atoms with Gasteiger partial charge in [0.05, 0.1) is 6.61 Å². The molecule has 0 heterocycles. The molecule has 1 saturated carbocycles. The molecule has 4 nitrogen and oxygen atoms in total. The van der Waals surface area contributed by atoms with Crippen LogP contribution in [0.3, 0.4) is 0 Å². The maximum atomic E-state index is 12.9. The molecule has 0 spiro atoms. The summed E-state index contributed by atoms with van der Waals surface area (Å²) in [6.07, 6.45) is 6.99. The van der Waals surface area contributed by atoms with Gasteiger partial charge in [-0.25, -0.2) is 4.79 Å². The molecule has 0 saturated heterocycles. The van der Waals surface area contributed by atoms with Crippen LogP contribution in [0.15, 0.2) is 42.5 Å². The molecule has 2 aliphatic carbocycles. The maximum absolute atomic E-state index is 12.9. The van der Waals surface area contributed by atoms with Crippen molar-refractivity contribution in [3.05, 3.63) is 70.3 Å². The van der Waals surface area contributed by atoms with Crippen LogP contribution in [-0.2, 0) is 17.7 Å². The molecule has 2 aromatic rings. The third kappa shape index (κ3) is 5.55. The predicted octanol–water partition coefficient (Wildman–Crippen LogP) is 6.77. The van der Waals surface area contributed by atoms with Crippen molar-refractivity contribution in [2.45, 2.75) is 78.4 Å². The van der Waals surface area contributed by atoms with E-state index < -0.39 is 5.60 Å². The highest BCUT2D eigenvalue weighted by Gasteiger charge is 2.31. The molecule has 0 aliphatic heterocycles. The zero-order valence-corrected chi connectivity index (χ0v) is 21.2. The van der Waals surface area contributed by atoms with Gasteiger partial charge in [0.2, 0.25) is 0 Å². The van der Waals surface area contributed by atoms with E-state index in [1.807, 2.05) is 26.8 Å². The number of aliphatic hydroxyl groups is 1. The molecule has 4 rings (SSSR count). The molecule has 1 N–H and O–H groups in total. The number of benzene rings is 2. The van der Waals surface area contributed by atoms with E-state index in [9.17, 15) is 9.90 Å². The molecule has 0 aromatic heterocycles. The second kappa shape index (κ2) is 10.4. The van der Waals surface area contributed by atoms with E-state index in [0.717, 1.165) is 12.0 Å².